The quantitative estimate of drug-likeness (QED) is 0.743. The van der Waals surface area contributed by atoms with Crippen LogP contribution in [0.2, 0.25) is 0 Å². The fraction of sp³-hybridized carbons (Fsp3) is 0.579. The Morgan fingerprint density at radius 3 is 2.32 bits per heavy atom. The number of thioether (sulfide) groups is 1. The van der Waals surface area contributed by atoms with Crippen molar-refractivity contribution in [3.05, 3.63) is 29.8 Å². The van der Waals surface area contributed by atoms with Gasteiger partial charge in [-0.2, -0.15) is 24.9 Å². The number of benzene rings is 1. The average molecular weight is 415 g/mol. The van der Waals surface area contributed by atoms with Crippen molar-refractivity contribution >= 4 is 29.3 Å². The van der Waals surface area contributed by atoms with Crippen LogP contribution in [0.4, 0.5) is 18.9 Å². The van der Waals surface area contributed by atoms with E-state index in [1.165, 1.54) is 17.9 Å². The molecule has 2 aliphatic heterocycles. The normalized spacial score (nSPS) is 21.5. The Morgan fingerprint density at radius 1 is 1.07 bits per heavy atom. The number of hydrogen-bond donors (Lipinski definition) is 2. The molecule has 3 rings (SSSR count). The van der Waals surface area contributed by atoms with Gasteiger partial charge in [0.2, 0.25) is 0 Å². The van der Waals surface area contributed by atoms with Crippen LogP contribution in [-0.2, 0) is 15.8 Å². The van der Waals surface area contributed by atoms with Crippen LogP contribution in [0, 0.1) is 5.92 Å². The molecule has 154 valence electrons. The summed E-state index contributed by atoms with van der Waals surface area (Å²) in [6, 6.07) is 4.67. The summed E-state index contributed by atoms with van der Waals surface area (Å²) in [6.07, 6.45) is -1.22. The van der Waals surface area contributed by atoms with Gasteiger partial charge in [-0.3, -0.25) is 14.5 Å². The lowest BCUT2D eigenvalue weighted by molar-refractivity contribution is -0.137. The van der Waals surface area contributed by atoms with E-state index in [2.05, 4.69) is 15.5 Å². The molecule has 2 N–H and O–H groups in total. The minimum Gasteiger partial charge on any atom is -0.348 e. The average Bonchev–Trinajstić information content (AvgIpc) is 3.21. The van der Waals surface area contributed by atoms with Gasteiger partial charge in [-0.15, -0.1) is 0 Å². The number of amides is 2. The van der Waals surface area contributed by atoms with Gasteiger partial charge >= 0.3 is 18.0 Å². The first-order valence-electron chi connectivity index (χ1n) is 9.41. The van der Waals surface area contributed by atoms with E-state index >= 15 is 0 Å². The van der Waals surface area contributed by atoms with Crippen molar-refractivity contribution in [2.45, 2.75) is 31.5 Å². The second kappa shape index (κ2) is 9.17. The monoisotopic (exact) mass is 415 g/mol. The molecule has 0 aromatic heterocycles. The Kier molecular flexibility index (Phi) is 6.87. The number of nitrogens with one attached hydrogen (secondary N) is 2. The molecule has 28 heavy (non-hydrogen) atoms. The Bertz CT molecular complexity index is 683. The van der Waals surface area contributed by atoms with Crippen LogP contribution in [0.5, 0.6) is 0 Å². The van der Waals surface area contributed by atoms with Crippen molar-refractivity contribution in [3.63, 3.8) is 0 Å². The van der Waals surface area contributed by atoms with Gasteiger partial charge in [0, 0.05) is 24.0 Å². The Hall–Kier alpha value is -1.74. The molecule has 0 radical (unpaired) electrons. The fourth-order valence-corrected chi connectivity index (χ4v) is 4.83. The van der Waals surface area contributed by atoms with Crippen LogP contribution in [0.3, 0.4) is 0 Å². The molecular weight excluding hydrogens is 391 g/mol. The standard InChI is InChI=1S/C19H24F3N3O2S/c20-19(21,22)14-1-3-15(4-2-14)24-18(27)17(26)23-11-13-5-8-25(9-6-13)16-7-10-28-12-16/h1-4,13,16H,5-12H2,(H,23,26)(H,24,27). The van der Waals surface area contributed by atoms with Gasteiger partial charge in [0.25, 0.3) is 0 Å². The van der Waals surface area contributed by atoms with Gasteiger partial charge in [-0.1, -0.05) is 0 Å². The maximum atomic E-state index is 12.5. The number of alkyl halides is 3. The minimum atomic E-state index is -4.44. The maximum Gasteiger partial charge on any atom is 0.416 e. The van der Waals surface area contributed by atoms with Crippen molar-refractivity contribution < 1.29 is 22.8 Å². The number of likely N-dealkylation sites (tertiary alicyclic amines) is 1. The van der Waals surface area contributed by atoms with Crippen LogP contribution in [0.15, 0.2) is 24.3 Å². The van der Waals surface area contributed by atoms with Gasteiger partial charge in [0.05, 0.1) is 5.56 Å². The molecule has 2 aliphatic rings. The van der Waals surface area contributed by atoms with Gasteiger partial charge in [0.1, 0.15) is 0 Å². The van der Waals surface area contributed by atoms with Gasteiger partial charge < -0.3 is 10.6 Å². The molecule has 1 unspecified atom stereocenters. The number of anilines is 1. The van der Waals surface area contributed by atoms with E-state index < -0.39 is 23.6 Å². The summed E-state index contributed by atoms with van der Waals surface area (Å²) in [4.78, 5) is 26.4. The maximum absolute atomic E-state index is 12.5. The molecule has 0 saturated carbocycles. The Labute approximate surface area is 166 Å². The van der Waals surface area contributed by atoms with Gasteiger partial charge in [-0.25, -0.2) is 0 Å². The summed E-state index contributed by atoms with van der Waals surface area (Å²) in [7, 11) is 0. The second-order valence-electron chi connectivity index (χ2n) is 7.24. The van der Waals surface area contributed by atoms with Crippen molar-refractivity contribution in [3.8, 4) is 0 Å². The van der Waals surface area contributed by atoms with Crippen LogP contribution in [-0.4, -0.2) is 53.9 Å². The Morgan fingerprint density at radius 2 is 1.75 bits per heavy atom. The molecule has 0 aliphatic carbocycles. The zero-order valence-corrected chi connectivity index (χ0v) is 16.2. The summed E-state index contributed by atoms with van der Waals surface area (Å²) in [6.45, 7) is 2.47. The number of carbonyl (C=O) groups excluding carboxylic acids is 2. The first-order valence-corrected chi connectivity index (χ1v) is 10.6. The van der Waals surface area contributed by atoms with E-state index in [1.807, 2.05) is 11.8 Å². The predicted molar refractivity (Wildman–Crippen MR) is 103 cm³/mol. The lowest BCUT2D eigenvalue weighted by atomic mass is 9.95. The number of halogens is 3. The molecule has 5 nitrogen and oxygen atoms in total. The molecule has 1 atom stereocenters. The molecule has 1 aromatic rings. The lowest BCUT2D eigenvalue weighted by Crippen LogP contribution is -2.45. The highest BCUT2D eigenvalue weighted by Gasteiger charge is 2.30. The van der Waals surface area contributed by atoms with E-state index in [-0.39, 0.29) is 5.69 Å². The van der Waals surface area contributed by atoms with Crippen molar-refractivity contribution in [2.75, 3.05) is 36.5 Å². The van der Waals surface area contributed by atoms with Crippen molar-refractivity contribution in [1.82, 2.24) is 10.2 Å². The number of carbonyl (C=O) groups is 2. The molecule has 0 bridgehead atoms. The van der Waals surface area contributed by atoms with Gasteiger partial charge in [-0.05, 0) is 68.3 Å². The molecule has 9 heteroatoms. The molecule has 2 heterocycles. The summed E-state index contributed by atoms with van der Waals surface area (Å²) in [5, 5.41) is 4.96. The number of hydrogen-bond acceptors (Lipinski definition) is 4. The first kappa shape index (κ1) is 21.0. The van der Waals surface area contributed by atoms with Crippen LogP contribution in [0.25, 0.3) is 0 Å². The predicted octanol–water partition coefficient (Wildman–Crippen LogP) is 2.98. The number of rotatable bonds is 4. The van der Waals surface area contributed by atoms with Crippen LogP contribution in [0.1, 0.15) is 24.8 Å². The highest BCUT2D eigenvalue weighted by molar-refractivity contribution is 7.99. The van der Waals surface area contributed by atoms with E-state index in [4.69, 9.17) is 0 Å². The number of piperidine rings is 1. The van der Waals surface area contributed by atoms with E-state index in [1.54, 1.807) is 0 Å². The Balaban J connectivity index is 1.39. The van der Waals surface area contributed by atoms with Crippen LogP contribution >= 0.6 is 11.8 Å². The molecule has 1 aromatic carbocycles. The molecule has 2 fully saturated rings. The second-order valence-corrected chi connectivity index (χ2v) is 8.39. The summed E-state index contributed by atoms with van der Waals surface area (Å²) < 4.78 is 37.6. The number of nitrogens with zero attached hydrogens (tertiary/aromatic N) is 1. The third kappa shape index (κ3) is 5.64. The molecular formula is C19H24F3N3O2S. The highest BCUT2D eigenvalue weighted by Crippen LogP contribution is 2.30. The largest absolute Gasteiger partial charge is 0.416 e. The molecule has 2 saturated heterocycles. The van der Waals surface area contributed by atoms with Crippen molar-refractivity contribution in [1.29, 1.82) is 0 Å². The van der Waals surface area contributed by atoms with E-state index in [0.29, 0.717) is 18.5 Å². The zero-order chi connectivity index (χ0) is 20.1. The third-order valence-electron chi connectivity index (χ3n) is 5.30. The smallest absolute Gasteiger partial charge is 0.348 e. The minimum absolute atomic E-state index is 0.149. The SMILES string of the molecule is O=C(NCC1CCN(C2CCSC2)CC1)C(=O)Nc1ccc(C(F)(F)F)cc1. The van der Waals surface area contributed by atoms with Crippen LogP contribution < -0.4 is 10.6 Å². The molecule has 2 amide bonds. The zero-order valence-electron chi connectivity index (χ0n) is 15.4. The topological polar surface area (TPSA) is 61.4 Å². The van der Waals surface area contributed by atoms with Gasteiger partial charge in [0.15, 0.2) is 0 Å². The fourth-order valence-electron chi connectivity index (χ4n) is 3.58. The molecule has 0 spiro atoms. The lowest BCUT2D eigenvalue weighted by Gasteiger charge is -2.35. The summed E-state index contributed by atoms with van der Waals surface area (Å²) in [5.74, 6) is 1.13. The summed E-state index contributed by atoms with van der Waals surface area (Å²) >= 11 is 2.00. The first-order chi connectivity index (χ1) is 13.3. The van der Waals surface area contributed by atoms with Crippen molar-refractivity contribution in [2.24, 2.45) is 5.92 Å². The highest BCUT2D eigenvalue weighted by atomic mass is 32.2. The van der Waals surface area contributed by atoms with E-state index in [0.717, 1.165) is 50.2 Å². The summed E-state index contributed by atoms with van der Waals surface area (Å²) in [5.41, 5.74) is -0.659. The van der Waals surface area contributed by atoms with E-state index in [9.17, 15) is 22.8 Å². The third-order valence-corrected chi connectivity index (χ3v) is 6.44.